The van der Waals surface area contributed by atoms with Crippen molar-refractivity contribution in [3.05, 3.63) is 30.1 Å². The summed E-state index contributed by atoms with van der Waals surface area (Å²) in [5.41, 5.74) is 8.01. The molecule has 0 aliphatic heterocycles. The number of hydrogen-bond donors (Lipinski definition) is 1. The second-order valence-corrected chi connectivity index (χ2v) is 4.43. The number of hydrogen-bond acceptors (Lipinski definition) is 2. The van der Waals surface area contributed by atoms with Gasteiger partial charge >= 0.3 is 0 Å². The summed E-state index contributed by atoms with van der Waals surface area (Å²) in [5.74, 6) is 0.520. The van der Waals surface area contributed by atoms with Gasteiger partial charge in [0.1, 0.15) is 5.65 Å². The van der Waals surface area contributed by atoms with E-state index in [4.69, 9.17) is 5.73 Å². The second kappa shape index (κ2) is 4.66. The monoisotopic (exact) mass is 217 g/mol. The van der Waals surface area contributed by atoms with E-state index in [-0.39, 0.29) is 0 Å². The Hall–Kier alpha value is -1.35. The highest BCUT2D eigenvalue weighted by molar-refractivity contribution is 5.77. The summed E-state index contributed by atoms with van der Waals surface area (Å²) in [7, 11) is 0. The summed E-state index contributed by atoms with van der Waals surface area (Å²) in [4.78, 5) is 4.46. The number of aryl methyl sites for hydroxylation is 1. The summed E-state index contributed by atoms with van der Waals surface area (Å²) in [6.45, 7) is 6.12. The van der Waals surface area contributed by atoms with E-state index in [0.717, 1.165) is 25.2 Å². The topological polar surface area (TPSA) is 43.8 Å². The molecule has 0 amide bonds. The summed E-state index contributed by atoms with van der Waals surface area (Å²) in [6.07, 6.45) is 2.85. The molecule has 16 heavy (non-hydrogen) atoms. The van der Waals surface area contributed by atoms with Gasteiger partial charge in [-0.25, -0.2) is 4.98 Å². The lowest BCUT2D eigenvalue weighted by Gasteiger charge is -2.11. The molecule has 0 aliphatic rings. The van der Waals surface area contributed by atoms with Crippen LogP contribution >= 0.6 is 0 Å². The van der Waals surface area contributed by atoms with Gasteiger partial charge in [0, 0.05) is 23.8 Å². The largest absolute Gasteiger partial charge is 0.330 e. The Morgan fingerprint density at radius 1 is 1.44 bits per heavy atom. The van der Waals surface area contributed by atoms with Gasteiger partial charge in [-0.1, -0.05) is 13.8 Å². The van der Waals surface area contributed by atoms with Gasteiger partial charge in [-0.2, -0.15) is 0 Å². The molecule has 0 bridgehead atoms. The van der Waals surface area contributed by atoms with E-state index < -0.39 is 0 Å². The Morgan fingerprint density at radius 2 is 2.25 bits per heavy atom. The van der Waals surface area contributed by atoms with E-state index in [1.807, 2.05) is 12.3 Å². The molecule has 86 valence electrons. The maximum atomic E-state index is 5.58. The van der Waals surface area contributed by atoms with Crippen LogP contribution in [0.25, 0.3) is 11.0 Å². The molecule has 0 aromatic carbocycles. The van der Waals surface area contributed by atoms with Crippen LogP contribution in [0.5, 0.6) is 0 Å². The van der Waals surface area contributed by atoms with Crippen LogP contribution in [0.15, 0.2) is 24.4 Å². The first kappa shape index (κ1) is 11.1. The van der Waals surface area contributed by atoms with Gasteiger partial charge in [-0.3, -0.25) is 0 Å². The molecule has 0 radical (unpaired) electrons. The first-order valence-electron chi connectivity index (χ1n) is 5.88. The minimum Gasteiger partial charge on any atom is -0.330 e. The number of aromatic nitrogens is 2. The zero-order chi connectivity index (χ0) is 11.5. The third-order valence-corrected chi connectivity index (χ3v) is 2.86. The fourth-order valence-corrected chi connectivity index (χ4v) is 2.07. The number of nitrogens with two attached hydrogens (primary N) is 1. The van der Waals surface area contributed by atoms with E-state index in [2.05, 4.69) is 35.5 Å². The van der Waals surface area contributed by atoms with Crippen molar-refractivity contribution in [2.24, 2.45) is 5.73 Å². The van der Waals surface area contributed by atoms with Crippen molar-refractivity contribution in [1.82, 2.24) is 9.55 Å². The van der Waals surface area contributed by atoms with Crippen molar-refractivity contribution in [1.29, 1.82) is 0 Å². The van der Waals surface area contributed by atoms with Crippen LogP contribution in [0.1, 0.15) is 31.9 Å². The molecule has 0 saturated heterocycles. The Bertz CT molecular complexity index is 471. The summed E-state index contributed by atoms with van der Waals surface area (Å²) < 4.78 is 2.30. The van der Waals surface area contributed by atoms with E-state index in [9.17, 15) is 0 Å². The standard InChI is InChI=1S/C13H19N3/c1-10(2)12-9-11-5-3-7-15-13(11)16(12)8-4-6-14/h3,5,7,9-10H,4,6,8,14H2,1-2H3. The SMILES string of the molecule is CC(C)c1cc2cccnc2n1CCCN. The number of fused-ring (bicyclic) bond motifs is 1. The molecule has 2 aromatic rings. The molecule has 3 heteroatoms. The zero-order valence-corrected chi connectivity index (χ0v) is 9.98. The first-order valence-corrected chi connectivity index (χ1v) is 5.88. The quantitative estimate of drug-likeness (QED) is 0.855. The van der Waals surface area contributed by atoms with Crippen molar-refractivity contribution in [3.8, 4) is 0 Å². The third-order valence-electron chi connectivity index (χ3n) is 2.86. The Labute approximate surface area is 96.3 Å². The lowest BCUT2D eigenvalue weighted by Crippen LogP contribution is -2.09. The van der Waals surface area contributed by atoms with Crippen molar-refractivity contribution in [2.45, 2.75) is 32.7 Å². The molecule has 2 rings (SSSR count). The summed E-state index contributed by atoms with van der Waals surface area (Å²) in [5, 5.41) is 1.23. The van der Waals surface area contributed by atoms with Crippen LogP contribution in [0.2, 0.25) is 0 Å². The average Bonchev–Trinajstić information content (AvgIpc) is 2.65. The van der Waals surface area contributed by atoms with Gasteiger partial charge in [0.05, 0.1) is 0 Å². The summed E-state index contributed by atoms with van der Waals surface area (Å²) >= 11 is 0. The highest BCUT2D eigenvalue weighted by Gasteiger charge is 2.11. The minimum absolute atomic E-state index is 0.520. The molecule has 0 fully saturated rings. The molecule has 2 heterocycles. The molecule has 3 nitrogen and oxygen atoms in total. The molecule has 0 unspecified atom stereocenters. The van der Waals surface area contributed by atoms with Gasteiger partial charge in [0.25, 0.3) is 0 Å². The van der Waals surface area contributed by atoms with E-state index >= 15 is 0 Å². The normalized spacial score (nSPS) is 11.5. The zero-order valence-electron chi connectivity index (χ0n) is 9.98. The van der Waals surface area contributed by atoms with Crippen molar-refractivity contribution in [3.63, 3.8) is 0 Å². The molecular formula is C13H19N3. The fourth-order valence-electron chi connectivity index (χ4n) is 2.07. The third kappa shape index (κ3) is 1.95. The highest BCUT2D eigenvalue weighted by atomic mass is 15.0. The molecule has 2 N–H and O–H groups in total. The van der Waals surface area contributed by atoms with E-state index in [1.165, 1.54) is 11.1 Å². The fraction of sp³-hybridized carbons (Fsp3) is 0.462. The van der Waals surface area contributed by atoms with Crippen LogP contribution in [-0.2, 0) is 6.54 Å². The number of pyridine rings is 1. The Morgan fingerprint density at radius 3 is 2.94 bits per heavy atom. The van der Waals surface area contributed by atoms with Crippen molar-refractivity contribution < 1.29 is 0 Å². The molecular weight excluding hydrogens is 198 g/mol. The van der Waals surface area contributed by atoms with Crippen LogP contribution < -0.4 is 5.73 Å². The number of rotatable bonds is 4. The Balaban J connectivity index is 2.51. The minimum atomic E-state index is 0.520. The van der Waals surface area contributed by atoms with Crippen LogP contribution in [0.3, 0.4) is 0 Å². The van der Waals surface area contributed by atoms with E-state index in [0.29, 0.717) is 5.92 Å². The maximum absolute atomic E-state index is 5.58. The van der Waals surface area contributed by atoms with Gasteiger partial charge in [0.15, 0.2) is 0 Å². The first-order chi connectivity index (χ1) is 7.74. The van der Waals surface area contributed by atoms with Crippen LogP contribution in [-0.4, -0.2) is 16.1 Å². The van der Waals surface area contributed by atoms with Gasteiger partial charge in [-0.05, 0) is 37.1 Å². The predicted octanol–water partition coefficient (Wildman–Crippen LogP) is 2.51. The molecule has 0 spiro atoms. The second-order valence-electron chi connectivity index (χ2n) is 4.43. The van der Waals surface area contributed by atoms with Crippen molar-refractivity contribution >= 4 is 11.0 Å². The van der Waals surface area contributed by atoms with Gasteiger partial charge in [-0.15, -0.1) is 0 Å². The molecule has 0 saturated carbocycles. The maximum Gasteiger partial charge on any atom is 0.140 e. The van der Waals surface area contributed by atoms with E-state index in [1.54, 1.807) is 0 Å². The Kier molecular flexibility index (Phi) is 3.25. The van der Waals surface area contributed by atoms with Crippen LogP contribution in [0, 0.1) is 0 Å². The number of nitrogens with zero attached hydrogens (tertiary/aromatic N) is 2. The lowest BCUT2D eigenvalue weighted by atomic mass is 10.1. The van der Waals surface area contributed by atoms with Gasteiger partial charge in [0.2, 0.25) is 0 Å². The summed E-state index contributed by atoms with van der Waals surface area (Å²) in [6, 6.07) is 6.34. The van der Waals surface area contributed by atoms with Crippen molar-refractivity contribution in [2.75, 3.05) is 6.54 Å². The predicted molar refractivity (Wildman–Crippen MR) is 67.5 cm³/mol. The smallest absolute Gasteiger partial charge is 0.140 e. The molecule has 2 aromatic heterocycles. The average molecular weight is 217 g/mol. The molecule has 0 atom stereocenters. The highest BCUT2D eigenvalue weighted by Crippen LogP contribution is 2.23. The van der Waals surface area contributed by atoms with Crippen LogP contribution in [0.4, 0.5) is 0 Å². The molecule has 0 aliphatic carbocycles. The van der Waals surface area contributed by atoms with Gasteiger partial charge < -0.3 is 10.3 Å². The lowest BCUT2D eigenvalue weighted by molar-refractivity contribution is 0.618.